The van der Waals surface area contributed by atoms with Gasteiger partial charge in [-0.25, -0.2) is 8.78 Å². The average Bonchev–Trinajstić information content (AvgIpc) is 2.40. The Labute approximate surface area is 104 Å². The van der Waals surface area contributed by atoms with Gasteiger partial charge in [-0.3, -0.25) is 0 Å². The van der Waals surface area contributed by atoms with Crippen LogP contribution in [0.4, 0.5) is 8.78 Å². The van der Waals surface area contributed by atoms with Gasteiger partial charge in [0.2, 0.25) is 0 Å². The van der Waals surface area contributed by atoms with E-state index >= 15 is 0 Å². The van der Waals surface area contributed by atoms with Crippen LogP contribution in [0.25, 0.3) is 0 Å². The van der Waals surface area contributed by atoms with E-state index in [-0.39, 0.29) is 11.6 Å². The van der Waals surface area contributed by atoms with E-state index in [1.54, 1.807) is 0 Å². The SMILES string of the molecule is CCC1COC(c2ccc(F)c(C#N)c2F)CN1. The Morgan fingerprint density at radius 2 is 2.28 bits per heavy atom. The van der Waals surface area contributed by atoms with Gasteiger partial charge in [0.25, 0.3) is 0 Å². The Morgan fingerprint density at radius 1 is 1.50 bits per heavy atom. The zero-order valence-electron chi connectivity index (χ0n) is 10.0. The van der Waals surface area contributed by atoms with E-state index in [9.17, 15) is 8.78 Å². The minimum Gasteiger partial charge on any atom is -0.370 e. The second-order valence-corrected chi connectivity index (χ2v) is 4.27. The summed E-state index contributed by atoms with van der Waals surface area (Å²) in [6.07, 6.45) is 0.461. The monoisotopic (exact) mass is 252 g/mol. The van der Waals surface area contributed by atoms with Crippen molar-refractivity contribution in [3.05, 3.63) is 34.9 Å². The van der Waals surface area contributed by atoms with Gasteiger partial charge in [-0.1, -0.05) is 13.0 Å². The molecule has 0 aromatic heterocycles. The first-order valence-electron chi connectivity index (χ1n) is 5.90. The lowest BCUT2D eigenvalue weighted by Crippen LogP contribution is -2.42. The molecule has 5 heteroatoms. The summed E-state index contributed by atoms with van der Waals surface area (Å²) in [5.74, 6) is -1.66. The smallest absolute Gasteiger partial charge is 0.149 e. The molecule has 1 aromatic rings. The molecule has 0 radical (unpaired) electrons. The number of nitriles is 1. The average molecular weight is 252 g/mol. The van der Waals surface area contributed by atoms with Gasteiger partial charge >= 0.3 is 0 Å². The van der Waals surface area contributed by atoms with Crippen molar-refractivity contribution in [2.45, 2.75) is 25.5 Å². The van der Waals surface area contributed by atoms with Gasteiger partial charge in [0.05, 0.1) is 12.7 Å². The van der Waals surface area contributed by atoms with Crippen molar-refractivity contribution in [2.24, 2.45) is 0 Å². The van der Waals surface area contributed by atoms with E-state index in [0.717, 1.165) is 12.5 Å². The molecule has 0 bridgehead atoms. The number of hydrogen-bond donors (Lipinski definition) is 1. The third-order valence-electron chi connectivity index (χ3n) is 3.16. The summed E-state index contributed by atoms with van der Waals surface area (Å²) in [6.45, 7) is 2.99. The summed E-state index contributed by atoms with van der Waals surface area (Å²) in [5.41, 5.74) is -0.316. The summed E-state index contributed by atoms with van der Waals surface area (Å²) in [6, 6.07) is 4.24. The second-order valence-electron chi connectivity index (χ2n) is 4.27. The molecule has 0 aliphatic carbocycles. The molecular formula is C13H14F2N2O. The quantitative estimate of drug-likeness (QED) is 0.878. The van der Waals surface area contributed by atoms with Gasteiger partial charge < -0.3 is 10.1 Å². The van der Waals surface area contributed by atoms with Crippen molar-refractivity contribution in [3.63, 3.8) is 0 Å². The lowest BCUT2D eigenvalue weighted by Gasteiger charge is -2.30. The number of nitrogens with zero attached hydrogens (tertiary/aromatic N) is 1. The minimum atomic E-state index is -0.839. The number of halogens is 2. The zero-order valence-corrected chi connectivity index (χ0v) is 10.0. The third kappa shape index (κ3) is 2.35. The van der Waals surface area contributed by atoms with Crippen LogP contribution in [0.3, 0.4) is 0 Å². The first kappa shape index (κ1) is 12.9. The number of hydrogen-bond acceptors (Lipinski definition) is 3. The fraction of sp³-hybridized carbons (Fsp3) is 0.462. The molecule has 2 unspecified atom stereocenters. The molecule has 1 aliphatic rings. The highest BCUT2D eigenvalue weighted by Gasteiger charge is 2.25. The standard InChI is InChI=1S/C13H14F2N2O/c1-2-8-7-18-12(6-17-8)9-3-4-11(14)10(5-16)13(9)15/h3-4,8,12,17H,2,6-7H2,1H3. The molecule has 0 saturated carbocycles. The van der Waals surface area contributed by atoms with Crippen LogP contribution in [0.2, 0.25) is 0 Å². The Kier molecular flexibility index (Phi) is 3.90. The van der Waals surface area contributed by atoms with E-state index < -0.39 is 23.3 Å². The highest BCUT2D eigenvalue weighted by Crippen LogP contribution is 2.26. The molecule has 2 atom stereocenters. The lowest BCUT2D eigenvalue weighted by atomic mass is 10.0. The number of rotatable bonds is 2. The van der Waals surface area contributed by atoms with Crippen molar-refractivity contribution in [3.8, 4) is 6.07 Å². The molecule has 0 amide bonds. The normalized spacial score (nSPS) is 23.7. The van der Waals surface area contributed by atoms with Crippen LogP contribution < -0.4 is 5.32 Å². The molecule has 1 N–H and O–H groups in total. The molecule has 96 valence electrons. The van der Waals surface area contributed by atoms with Crippen molar-refractivity contribution in [1.82, 2.24) is 5.32 Å². The molecule has 3 nitrogen and oxygen atoms in total. The summed E-state index contributed by atoms with van der Waals surface area (Å²) < 4.78 is 32.7. The minimum absolute atomic E-state index is 0.231. The van der Waals surface area contributed by atoms with E-state index in [4.69, 9.17) is 10.00 Å². The van der Waals surface area contributed by atoms with Crippen LogP contribution in [0.15, 0.2) is 12.1 Å². The van der Waals surface area contributed by atoms with Crippen molar-refractivity contribution >= 4 is 0 Å². The van der Waals surface area contributed by atoms with Crippen molar-refractivity contribution in [1.29, 1.82) is 5.26 Å². The van der Waals surface area contributed by atoms with Crippen LogP contribution in [0.1, 0.15) is 30.6 Å². The second kappa shape index (κ2) is 5.42. The number of ether oxygens (including phenoxy) is 1. The Bertz CT molecular complexity index is 477. The van der Waals surface area contributed by atoms with Gasteiger partial charge in [-0.05, 0) is 12.5 Å². The summed E-state index contributed by atoms with van der Waals surface area (Å²) in [5, 5.41) is 11.9. The van der Waals surface area contributed by atoms with E-state index in [1.165, 1.54) is 12.1 Å². The molecule has 1 aromatic carbocycles. The third-order valence-corrected chi connectivity index (χ3v) is 3.16. The van der Waals surface area contributed by atoms with Crippen LogP contribution in [-0.2, 0) is 4.74 Å². The molecule has 1 fully saturated rings. The Morgan fingerprint density at radius 3 is 2.83 bits per heavy atom. The van der Waals surface area contributed by atoms with Crippen molar-refractivity contribution in [2.75, 3.05) is 13.2 Å². The maximum Gasteiger partial charge on any atom is 0.149 e. The molecule has 18 heavy (non-hydrogen) atoms. The van der Waals surface area contributed by atoms with E-state index in [0.29, 0.717) is 13.2 Å². The fourth-order valence-corrected chi connectivity index (χ4v) is 2.01. The molecule has 2 rings (SSSR count). The van der Waals surface area contributed by atoms with Crippen LogP contribution >= 0.6 is 0 Å². The first-order chi connectivity index (χ1) is 8.67. The predicted octanol–water partition coefficient (Wildman–Crippen LogP) is 2.28. The molecule has 1 saturated heterocycles. The van der Waals surface area contributed by atoms with E-state index in [1.807, 2.05) is 6.92 Å². The number of benzene rings is 1. The summed E-state index contributed by atoms with van der Waals surface area (Å²) >= 11 is 0. The highest BCUT2D eigenvalue weighted by atomic mass is 19.1. The maximum absolute atomic E-state index is 13.9. The fourth-order valence-electron chi connectivity index (χ4n) is 2.01. The molecule has 1 aliphatic heterocycles. The Balaban J connectivity index is 2.23. The maximum atomic E-state index is 13.9. The largest absolute Gasteiger partial charge is 0.370 e. The number of nitrogens with one attached hydrogen (secondary N) is 1. The highest BCUT2D eigenvalue weighted by molar-refractivity contribution is 5.37. The topological polar surface area (TPSA) is 45.0 Å². The zero-order chi connectivity index (χ0) is 13.1. The molecule has 1 heterocycles. The lowest BCUT2D eigenvalue weighted by molar-refractivity contribution is 0.000296. The van der Waals surface area contributed by atoms with Gasteiger partial charge in [0.15, 0.2) is 0 Å². The van der Waals surface area contributed by atoms with Gasteiger partial charge in [0, 0.05) is 18.2 Å². The van der Waals surface area contributed by atoms with Gasteiger partial charge in [-0.2, -0.15) is 5.26 Å². The Hall–Kier alpha value is -1.51. The summed E-state index contributed by atoms with van der Waals surface area (Å²) in [4.78, 5) is 0. The van der Waals surface area contributed by atoms with E-state index in [2.05, 4.69) is 5.32 Å². The number of morpholine rings is 1. The first-order valence-corrected chi connectivity index (χ1v) is 5.90. The van der Waals surface area contributed by atoms with Gasteiger partial charge in [0.1, 0.15) is 23.3 Å². The van der Waals surface area contributed by atoms with Gasteiger partial charge in [-0.15, -0.1) is 0 Å². The summed E-state index contributed by atoms with van der Waals surface area (Å²) in [7, 11) is 0. The van der Waals surface area contributed by atoms with Crippen LogP contribution in [0, 0.1) is 23.0 Å². The van der Waals surface area contributed by atoms with Crippen LogP contribution in [0.5, 0.6) is 0 Å². The molecular weight excluding hydrogens is 238 g/mol. The predicted molar refractivity (Wildman–Crippen MR) is 61.8 cm³/mol. The molecule has 0 spiro atoms. The van der Waals surface area contributed by atoms with Crippen molar-refractivity contribution < 1.29 is 13.5 Å². The van der Waals surface area contributed by atoms with Crippen LogP contribution in [-0.4, -0.2) is 19.2 Å².